The highest BCUT2D eigenvalue weighted by Crippen LogP contribution is 2.32. The summed E-state index contributed by atoms with van der Waals surface area (Å²) in [5, 5.41) is 9.17. The molecule has 0 unspecified atom stereocenters. The Kier molecular flexibility index (Phi) is 4.44. The Balaban J connectivity index is 2.13. The van der Waals surface area contributed by atoms with Crippen molar-refractivity contribution in [3.63, 3.8) is 0 Å². The van der Waals surface area contributed by atoms with Crippen molar-refractivity contribution in [1.29, 1.82) is 5.26 Å². The van der Waals surface area contributed by atoms with Crippen LogP contribution in [0.15, 0.2) is 60.7 Å². The number of aromatic nitrogens is 1. The van der Waals surface area contributed by atoms with Gasteiger partial charge in [0, 0.05) is 11.1 Å². The van der Waals surface area contributed by atoms with E-state index in [1.165, 1.54) is 0 Å². The van der Waals surface area contributed by atoms with Crippen LogP contribution in [0.2, 0.25) is 0 Å². The third kappa shape index (κ3) is 3.06. The van der Waals surface area contributed by atoms with Gasteiger partial charge in [-0.15, -0.1) is 0 Å². The minimum atomic E-state index is 0.387. The summed E-state index contributed by atoms with van der Waals surface area (Å²) >= 11 is 0. The van der Waals surface area contributed by atoms with Crippen LogP contribution in [-0.2, 0) is 0 Å². The highest BCUT2D eigenvalue weighted by Gasteiger charge is 2.11. The van der Waals surface area contributed by atoms with E-state index in [0.29, 0.717) is 5.69 Å². The number of benzene rings is 2. The number of pyridine rings is 1. The van der Waals surface area contributed by atoms with Crippen LogP contribution in [0.4, 0.5) is 0 Å². The SMILES string of the molecule is COc1ccc(-c2ccc(C#N)nc2-c2ccc(OC)cc2)cc1. The number of nitriles is 1. The zero-order valence-corrected chi connectivity index (χ0v) is 13.5. The van der Waals surface area contributed by atoms with Crippen molar-refractivity contribution < 1.29 is 9.47 Å². The van der Waals surface area contributed by atoms with Crippen molar-refractivity contribution in [2.75, 3.05) is 14.2 Å². The van der Waals surface area contributed by atoms with Crippen LogP contribution < -0.4 is 9.47 Å². The molecule has 0 saturated carbocycles. The molecule has 0 aliphatic carbocycles. The van der Waals surface area contributed by atoms with Crippen LogP contribution in [0.5, 0.6) is 11.5 Å². The fraction of sp³-hybridized carbons (Fsp3) is 0.100. The largest absolute Gasteiger partial charge is 0.497 e. The Labute approximate surface area is 140 Å². The van der Waals surface area contributed by atoms with E-state index in [4.69, 9.17) is 9.47 Å². The van der Waals surface area contributed by atoms with Gasteiger partial charge in [0.1, 0.15) is 23.3 Å². The molecule has 2 aromatic carbocycles. The lowest BCUT2D eigenvalue weighted by Gasteiger charge is -2.11. The van der Waals surface area contributed by atoms with Crippen molar-refractivity contribution in [1.82, 2.24) is 4.98 Å². The Hall–Kier alpha value is -3.32. The molecule has 3 aromatic rings. The van der Waals surface area contributed by atoms with Crippen molar-refractivity contribution in [2.24, 2.45) is 0 Å². The van der Waals surface area contributed by atoms with Crippen molar-refractivity contribution >= 4 is 0 Å². The summed E-state index contributed by atoms with van der Waals surface area (Å²) in [6.07, 6.45) is 0. The average molecular weight is 316 g/mol. The maximum atomic E-state index is 9.17. The molecular formula is C20H16N2O2. The van der Waals surface area contributed by atoms with Crippen LogP contribution >= 0.6 is 0 Å². The predicted octanol–water partition coefficient (Wildman–Crippen LogP) is 4.30. The molecule has 0 aliphatic heterocycles. The summed E-state index contributed by atoms with van der Waals surface area (Å²) in [5.74, 6) is 1.58. The van der Waals surface area contributed by atoms with E-state index in [1.54, 1.807) is 20.3 Å². The van der Waals surface area contributed by atoms with Crippen LogP contribution in [0.1, 0.15) is 5.69 Å². The number of nitrogens with zero attached hydrogens (tertiary/aromatic N) is 2. The van der Waals surface area contributed by atoms with Gasteiger partial charge < -0.3 is 9.47 Å². The van der Waals surface area contributed by atoms with Crippen molar-refractivity contribution in [3.8, 4) is 40.0 Å². The topological polar surface area (TPSA) is 55.1 Å². The summed E-state index contributed by atoms with van der Waals surface area (Å²) in [6, 6.07) is 21.2. The summed E-state index contributed by atoms with van der Waals surface area (Å²) < 4.78 is 10.4. The molecule has 1 aromatic heterocycles. The molecule has 24 heavy (non-hydrogen) atoms. The van der Waals surface area contributed by atoms with Gasteiger partial charge in [-0.25, -0.2) is 4.98 Å². The van der Waals surface area contributed by atoms with E-state index in [1.807, 2.05) is 54.6 Å². The van der Waals surface area contributed by atoms with Gasteiger partial charge in [-0.05, 0) is 54.1 Å². The monoisotopic (exact) mass is 316 g/mol. The third-order valence-electron chi connectivity index (χ3n) is 3.77. The lowest BCUT2D eigenvalue weighted by atomic mass is 9.98. The smallest absolute Gasteiger partial charge is 0.141 e. The van der Waals surface area contributed by atoms with E-state index in [9.17, 15) is 5.26 Å². The van der Waals surface area contributed by atoms with Gasteiger partial charge >= 0.3 is 0 Å². The second-order valence-corrected chi connectivity index (χ2v) is 5.16. The fourth-order valence-corrected chi connectivity index (χ4v) is 2.49. The molecule has 4 nitrogen and oxygen atoms in total. The first-order valence-electron chi connectivity index (χ1n) is 7.45. The minimum absolute atomic E-state index is 0.387. The van der Waals surface area contributed by atoms with E-state index in [0.717, 1.165) is 33.9 Å². The highest BCUT2D eigenvalue weighted by atomic mass is 16.5. The maximum Gasteiger partial charge on any atom is 0.141 e. The molecule has 0 radical (unpaired) electrons. The molecule has 4 heteroatoms. The zero-order chi connectivity index (χ0) is 16.9. The first kappa shape index (κ1) is 15.6. The van der Waals surface area contributed by atoms with E-state index in [-0.39, 0.29) is 0 Å². The Morgan fingerprint density at radius 1 is 0.750 bits per heavy atom. The summed E-state index contributed by atoms with van der Waals surface area (Å²) in [5.41, 5.74) is 4.05. The van der Waals surface area contributed by atoms with Crippen LogP contribution in [0.3, 0.4) is 0 Å². The van der Waals surface area contributed by atoms with Gasteiger partial charge in [0.05, 0.1) is 19.9 Å². The fourth-order valence-electron chi connectivity index (χ4n) is 2.49. The molecule has 3 rings (SSSR count). The van der Waals surface area contributed by atoms with Gasteiger partial charge in [-0.1, -0.05) is 12.1 Å². The number of ether oxygens (including phenoxy) is 2. The van der Waals surface area contributed by atoms with Crippen LogP contribution in [-0.4, -0.2) is 19.2 Å². The molecule has 1 heterocycles. The van der Waals surface area contributed by atoms with Crippen LogP contribution in [0, 0.1) is 11.3 Å². The first-order chi connectivity index (χ1) is 11.7. The van der Waals surface area contributed by atoms with Crippen LogP contribution in [0.25, 0.3) is 22.4 Å². The third-order valence-corrected chi connectivity index (χ3v) is 3.77. The second kappa shape index (κ2) is 6.84. The molecule has 0 bridgehead atoms. The molecule has 0 spiro atoms. The molecule has 0 saturated heterocycles. The molecule has 0 amide bonds. The van der Waals surface area contributed by atoms with Gasteiger partial charge in [0.25, 0.3) is 0 Å². The van der Waals surface area contributed by atoms with Crippen molar-refractivity contribution in [2.45, 2.75) is 0 Å². The number of methoxy groups -OCH3 is 2. The normalized spacial score (nSPS) is 10.0. The molecule has 0 aliphatic rings. The zero-order valence-electron chi connectivity index (χ0n) is 13.5. The van der Waals surface area contributed by atoms with E-state index in [2.05, 4.69) is 11.1 Å². The van der Waals surface area contributed by atoms with Crippen molar-refractivity contribution in [3.05, 3.63) is 66.4 Å². The summed E-state index contributed by atoms with van der Waals surface area (Å²) in [7, 11) is 3.27. The maximum absolute atomic E-state index is 9.17. The predicted molar refractivity (Wildman–Crippen MR) is 92.9 cm³/mol. The average Bonchev–Trinajstić information content (AvgIpc) is 2.67. The van der Waals surface area contributed by atoms with E-state index >= 15 is 0 Å². The molecule has 0 atom stereocenters. The molecular weight excluding hydrogens is 300 g/mol. The van der Waals surface area contributed by atoms with Gasteiger partial charge in [-0.2, -0.15) is 5.26 Å². The minimum Gasteiger partial charge on any atom is -0.497 e. The lowest BCUT2D eigenvalue weighted by molar-refractivity contribution is 0.414. The lowest BCUT2D eigenvalue weighted by Crippen LogP contribution is -1.93. The molecule has 0 N–H and O–H groups in total. The van der Waals surface area contributed by atoms with Gasteiger partial charge in [0.15, 0.2) is 0 Å². The quantitative estimate of drug-likeness (QED) is 0.720. The molecule has 118 valence electrons. The standard InChI is InChI=1S/C20H16N2O2/c1-23-17-8-3-14(4-9-17)19-12-7-16(13-21)22-20(19)15-5-10-18(24-2)11-6-15/h3-12H,1-2H3. The molecule has 0 fully saturated rings. The number of rotatable bonds is 4. The Bertz CT molecular complexity index is 879. The van der Waals surface area contributed by atoms with E-state index < -0.39 is 0 Å². The number of hydrogen-bond donors (Lipinski definition) is 0. The summed E-state index contributed by atoms with van der Waals surface area (Å²) in [4.78, 5) is 4.50. The number of hydrogen-bond acceptors (Lipinski definition) is 4. The highest BCUT2D eigenvalue weighted by molar-refractivity contribution is 5.81. The van der Waals surface area contributed by atoms with Gasteiger partial charge in [-0.3, -0.25) is 0 Å². The summed E-state index contributed by atoms with van der Waals surface area (Å²) in [6.45, 7) is 0. The first-order valence-corrected chi connectivity index (χ1v) is 7.45. The van der Waals surface area contributed by atoms with Gasteiger partial charge in [0.2, 0.25) is 0 Å². The Morgan fingerprint density at radius 3 is 1.79 bits per heavy atom. The Morgan fingerprint density at radius 2 is 1.29 bits per heavy atom. The second-order valence-electron chi connectivity index (χ2n) is 5.16.